The molecule has 0 saturated carbocycles. The van der Waals surface area contributed by atoms with Crippen LogP contribution in [-0.2, 0) is 12.8 Å². The number of pyridine rings is 2. The molecule has 0 bridgehead atoms. The molecular weight excluding hydrogens is 859 g/mol. The zero-order valence-corrected chi connectivity index (χ0v) is 39.3. The number of nitrogens with zero attached hydrogens (tertiary/aromatic N) is 3. The third-order valence-corrected chi connectivity index (χ3v) is 14.5. The van der Waals surface area contributed by atoms with Crippen molar-refractivity contribution in [3.8, 4) is 84.1 Å². The molecule has 0 spiro atoms. The Morgan fingerprint density at radius 1 is 0.352 bits per heavy atom. The van der Waals surface area contributed by atoms with Crippen LogP contribution in [-0.4, -0.2) is 14.5 Å². The second kappa shape index (κ2) is 18.2. The average molecular weight is 908 g/mol. The molecule has 1 atom stereocenters. The first-order chi connectivity index (χ1) is 35.2. The lowest BCUT2D eigenvalue weighted by molar-refractivity contribution is 0.616. The molecule has 336 valence electrons. The van der Waals surface area contributed by atoms with Crippen LogP contribution in [0, 0.1) is 0 Å². The van der Waals surface area contributed by atoms with Crippen molar-refractivity contribution in [2.45, 2.75) is 25.2 Å². The second-order valence-corrected chi connectivity index (χ2v) is 18.9. The highest BCUT2D eigenvalue weighted by atomic mass is 15.0. The lowest BCUT2D eigenvalue weighted by Gasteiger charge is -2.28. The highest BCUT2D eigenvalue weighted by Gasteiger charge is 2.24. The fraction of sp³-hybridized carbons (Fsp3) is 0.0588. The molecule has 1 aliphatic carbocycles. The predicted molar refractivity (Wildman–Crippen MR) is 296 cm³/mol. The summed E-state index contributed by atoms with van der Waals surface area (Å²) in [7, 11) is 0. The van der Waals surface area contributed by atoms with E-state index in [1.165, 1.54) is 49.6 Å². The Bertz CT molecular complexity index is 3870. The first-order valence-corrected chi connectivity index (χ1v) is 24.8. The highest BCUT2D eigenvalue weighted by Crippen LogP contribution is 2.42. The van der Waals surface area contributed by atoms with Gasteiger partial charge in [0.1, 0.15) is 0 Å². The van der Waals surface area contributed by atoms with Gasteiger partial charge in [-0.1, -0.05) is 194 Å². The minimum Gasteiger partial charge on any atom is -0.309 e. The number of hydrogen-bond acceptors (Lipinski definition) is 2. The maximum atomic E-state index is 5.37. The second-order valence-electron chi connectivity index (χ2n) is 18.9. The van der Waals surface area contributed by atoms with Crippen LogP contribution in [0.3, 0.4) is 0 Å². The molecule has 0 radical (unpaired) electrons. The number of benzene rings is 9. The molecule has 12 aromatic rings. The summed E-state index contributed by atoms with van der Waals surface area (Å²) in [6.45, 7) is 0. The van der Waals surface area contributed by atoms with E-state index in [2.05, 4.69) is 259 Å². The van der Waals surface area contributed by atoms with Crippen molar-refractivity contribution in [2.75, 3.05) is 0 Å². The largest absolute Gasteiger partial charge is 0.309 e. The van der Waals surface area contributed by atoms with Gasteiger partial charge in [0.05, 0.1) is 33.8 Å². The monoisotopic (exact) mass is 907 g/mol. The zero-order chi connectivity index (χ0) is 47.1. The molecule has 0 fully saturated rings. The van der Waals surface area contributed by atoms with Crippen molar-refractivity contribution in [3.63, 3.8) is 0 Å². The van der Waals surface area contributed by atoms with E-state index < -0.39 is 0 Å². The van der Waals surface area contributed by atoms with Gasteiger partial charge in [-0.15, -0.1) is 0 Å². The van der Waals surface area contributed by atoms with E-state index in [1.807, 2.05) is 0 Å². The van der Waals surface area contributed by atoms with E-state index in [-0.39, 0.29) is 0 Å². The quantitative estimate of drug-likeness (QED) is 0.137. The summed E-state index contributed by atoms with van der Waals surface area (Å²) in [6.07, 6.45) is 3.15. The molecule has 0 aliphatic heterocycles. The molecule has 13 rings (SSSR count). The lowest BCUT2D eigenvalue weighted by atomic mass is 9.76. The molecule has 3 heterocycles. The summed E-state index contributed by atoms with van der Waals surface area (Å²) in [5.74, 6) is 0.472. The van der Waals surface area contributed by atoms with Gasteiger partial charge >= 0.3 is 0 Å². The van der Waals surface area contributed by atoms with Gasteiger partial charge in [0, 0.05) is 38.7 Å². The first kappa shape index (κ1) is 42.2. The standard InChI is InChI=1S/C68H49N3/c1-3-19-47(20-4-1)63-42-55(44-65(69-63)53-26-15-18-46(38-53)36-37-52-40-51-23-7-8-29-58(51)60-31-10-9-30-59(52)60)49-24-16-25-50(39-49)56-43-64(48-21-5-2-6-22-48)70-66(45-56)54-27-17-28-57(41-54)71-67-34-13-11-32-61(67)62-33-12-14-35-68(62)71/h1-35,38-39,41-45,52H,36-37,40H2. The van der Waals surface area contributed by atoms with Crippen molar-refractivity contribution in [2.24, 2.45) is 0 Å². The Morgan fingerprint density at radius 2 is 0.831 bits per heavy atom. The average Bonchev–Trinajstić information content (AvgIpc) is 3.79. The number of aromatic nitrogens is 3. The van der Waals surface area contributed by atoms with Crippen molar-refractivity contribution >= 4 is 21.8 Å². The molecule has 1 unspecified atom stereocenters. The molecule has 0 amide bonds. The zero-order valence-electron chi connectivity index (χ0n) is 39.3. The van der Waals surface area contributed by atoms with E-state index in [0.717, 1.165) is 92.2 Å². The Balaban J connectivity index is 0.868. The molecule has 3 nitrogen and oxygen atoms in total. The molecule has 0 saturated heterocycles. The predicted octanol–water partition coefficient (Wildman–Crippen LogP) is 17.5. The summed E-state index contributed by atoms with van der Waals surface area (Å²) in [5.41, 5.74) is 23.1. The van der Waals surface area contributed by atoms with Gasteiger partial charge < -0.3 is 4.57 Å². The van der Waals surface area contributed by atoms with Gasteiger partial charge in [-0.2, -0.15) is 0 Å². The number of hydrogen-bond donors (Lipinski definition) is 0. The van der Waals surface area contributed by atoms with Crippen LogP contribution in [0.25, 0.3) is 106 Å². The van der Waals surface area contributed by atoms with Crippen LogP contribution < -0.4 is 0 Å². The number of rotatable bonds is 10. The smallest absolute Gasteiger partial charge is 0.0716 e. The fourth-order valence-corrected chi connectivity index (χ4v) is 11.0. The van der Waals surface area contributed by atoms with Crippen molar-refractivity contribution in [1.82, 2.24) is 14.5 Å². The SMILES string of the molecule is c1ccc(-c2cc(-c3cccc(-c4cc(-c5ccccc5)nc(-c5cccc(-n6c7ccccc7c7ccccc76)c5)c4)c3)cc(-c3cccc(CCC4Cc5ccccc5-c5ccccc54)c3)n2)cc1. The summed E-state index contributed by atoms with van der Waals surface area (Å²) < 4.78 is 2.37. The summed E-state index contributed by atoms with van der Waals surface area (Å²) in [4.78, 5) is 10.7. The third-order valence-electron chi connectivity index (χ3n) is 14.5. The van der Waals surface area contributed by atoms with Crippen molar-refractivity contribution in [3.05, 3.63) is 271 Å². The number of para-hydroxylation sites is 2. The van der Waals surface area contributed by atoms with E-state index in [9.17, 15) is 0 Å². The normalized spacial score (nSPS) is 13.0. The van der Waals surface area contributed by atoms with E-state index in [0.29, 0.717) is 5.92 Å². The Morgan fingerprint density at radius 3 is 1.48 bits per heavy atom. The molecule has 0 N–H and O–H groups in total. The Labute approximate surface area is 415 Å². The molecule has 1 aliphatic rings. The third kappa shape index (κ3) is 8.12. The van der Waals surface area contributed by atoms with Crippen LogP contribution in [0.1, 0.15) is 29.0 Å². The summed E-state index contributed by atoms with van der Waals surface area (Å²) in [6, 6.07) is 92.2. The Kier molecular flexibility index (Phi) is 10.8. The van der Waals surface area contributed by atoms with Crippen LogP contribution in [0.2, 0.25) is 0 Å². The maximum absolute atomic E-state index is 5.37. The minimum absolute atomic E-state index is 0.472. The van der Waals surface area contributed by atoms with Gasteiger partial charge in [-0.05, 0) is 136 Å². The molecular formula is C68H49N3. The van der Waals surface area contributed by atoms with Crippen molar-refractivity contribution in [1.29, 1.82) is 0 Å². The highest BCUT2D eigenvalue weighted by molar-refractivity contribution is 6.09. The molecule has 9 aromatic carbocycles. The van der Waals surface area contributed by atoms with E-state index in [1.54, 1.807) is 0 Å². The summed E-state index contributed by atoms with van der Waals surface area (Å²) in [5, 5.41) is 2.49. The minimum atomic E-state index is 0.472. The number of aryl methyl sites for hydroxylation is 1. The van der Waals surface area contributed by atoms with Crippen LogP contribution in [0.5, 0.6) is 0 Å². The molecule has 3 heteroatoms. The van der Waals surface area contributed by atoms with Gasteiger partial charge in [-0.3, -0.25) is 0 Å². The van der Waals surface area contributed by atoms with Crippen LogP contribution >= 0.6 is 0 Å². The van der Waals surface area contributed by atoms with Gasteiger partial charge in [0.25, 0.3) is 0 Å². The molecule has 71 heavy (non-hydrogen) atoms. The molecule has 3 aromatic heterocycles. The van der Waals surface area contributed by atoms with Crippen LogP contribution in [0.4, 0.5) is 0 Å². The maximum Gasteiger partial charge on any atom is 0.0716 e. The van der Waals surface area contributed by atoms with Gasteiger partial charge in [-0.25, -0.2) is 9.97 Å². The number of fused-ring (bicyclic) bond motifs is 6. The van der Waals surface area contributed by atoms with E-state index >= 15 is 0 Å². The van der Waals surface area contributed by atoms with Gasteiger partial charge in [0.2, 0.25) is 0 Å². The van der Waals surface area contributed by atoms with E-state index in [4.69, 9.17) is 9.97 Å². The Hall–Kier alpha value is -8.92. The first-order valence-electron chi connectivity index (χ1n) is 24.8. The van der Waals surface area contributed by atoms with Crippen molar-refractivity contribution < 1.29 is 0 Å². The lowest BCUT2D eigenvalue weighted by Crippen LogP contribution is -2.12. The summed E-state index contributed by atoms with van der Waals surface area (Å²) >= 11 is 0. The fourth-order valence-electron chi connectivity index (χ4n) is 11.0. The topological polar surface area (TPSA) is 30.7 Å². The van der Waals surface area contributed by atoms with Crippen LogP contribution in [0.15, 0.2) is 255 Å². The van der Waals surface area contributed by atoms with Gasteiger partial charge in [0.15, 0.2) is 0 Å².